The van der Waals surface area contributed by atoms with Crippen LogP contribution in [0.25, 0.3) is 0 Å². The normalized spacial score (nSPS) is 18.2. The Hall–Kier alpha value is -1.11. The molecule has 112 valence electrons. The summed E-state index contributed by atoms with van der Waals surface area (Å²) in [7, 11) is -2.87. The first-order valence-corrected chi connectivity index (χ1v) is 8.89. The van der Waals surface area contributed by atoms with Crippen LogP contribution in [-0.2, 0) is 16.4 Å². The Morgan fingerprint density at radius 1 is 1.15 bits per heavy atom. The Morgan fingerprint density at radius 3 is 2.40 bits per heavy atom. The van der Waals surface area contributed by atoms with Crippen LogP contribution < -0.4 is 0 Å². The van der Waals surface area contributed by atoms with Crippen LogP contribution in [0.3, 0.4) is 0 Å². The highest BCUT2D eigenvalue weighted by Gasteiger charge is 2.17. The Bertz CT molecular complexity index is 537. The number of sulfone groups is 1. The smallest absolute Gasteiger partial charge is 0.148 e. The summed E-state index contributed by atoms with van der Waals surface area (Å²) in [6.45, 7) is 5.11. The maximum Gasteiger partial charge on any atom is 0.148 e. The van der Waals surface area contributed by atoms with Crippen molar-refractivity contribution < 1.29 is 13.5 Å². The van der Waals surface area contributed by atoms with E-state index in [4.69, 9.17) is 0 Å². The SMILES string of the molecule is CS(=O)(=O)CCN1CCN(Cc2cccc(O)c2)CC1. The van der Waals surface area contributed by atoms with Gasteiger partial charge < -0.3 is 5.11 Å². The molecule has 20 heavy (non-hydrogen) atoms. The summed E-state index contributed by atoms with van der Waals surface area (Å²) in [5.41, 5.74) is 1.11. The van der Waals surface area contributed by atoms with E-state index in [0.29, 0.717) is 12.3 Å². The van der Waals surface area contributed by atoms with E-state index in [1.165, 1.54) is 6.26 Å². The first-order valence-electron chi connectivity index (χ1n) is 6.83. The molecule has 1 heterocycles. The highest BCUT2D eigenvalue weighted by atomic mass is 32.2. The van der Waals surface area contributed by atoms with E-state index >= 15 is 0 Å². The molecule has 5 nitrogen and oxygen atoms in total. The fourth-order valence-corrected chi connectivity index (χ4v) is 2.97. The van der Waals surface area contributed by atoms with Gasteiger partial charge in [-0.3, -0.25) is 9.80 Å². The summed E-state index contributed by atoms with van der Waals surface area (Å²) in [6, 6.07) is 7.32. The molecule has 0 spiro atoms. The third-order valence-electron chi connectivity index (χ3n) is 3.56. The number of phenolic OH excluding ortho intramolecular Hbond substituents is 1. The van der Waals surface area contributed by atoms with E-state index in [0.717, 1.165) is 38.3 Å². The number of hydrogen-bond acceptors (Lipinski definition) is 5. The molecule has 6 heteroatoms. The van der Waals surface area contributed by atoms with Gasteiger partial charge in [-0.2, -0.15) is 0 Å². The van der Waals surface area contributed by atoms with Gasteiger partial charge in [0.25, 0.3) is 0 Å². The van der Waals surface area contributed by atoms with Crippen molar-refractivity contribution in [2.45, 2.75) is 6.54 Å². The van der Waals surface area contributed by atoms with Crippen molar-refractivity contribution in [1.82, 2.24) is 9.80 Å². The lowest BCUT2D eigenvalue weighted by molar-refractivity contribution is 0.132. The molecule has 0 aliphatic carbocycles. The number of benzene rings is 1. The second-order valence-corrected chi connectivity index (χ2v) is 7.68. The van der Waals surface area contributed by atoms with Gasteiger partial charge in [0, 0.05) is 45.5 Å². The zero-order chi connectivity index (χ0) is 14.6. The van der Waals surface area contributed by atoms with Crippen LogP contribution in [0.1, 0.15) is 5.56 Å². The number of phenols is 1. The molecular weight excluding hydrogens is 276 g/mol. The van der Waals surface area contributed by atoms with Gasteiger partial charge in [0.2, 0.25) is 0 Å². The predicted molar refractivity (Wildman–Crippen MR) is 79.5 cm³/mol. The Morgan fingerprint density at radius 2 is 1.80 bits per heavy atom. The van der Waals surface area contributed by atoms with Gasteiger partial charge in [0.05, 0.1) is 5.75 Å². The molecule has 2 rings (SSSR count). The highest BCUT2D eigenvalue weighted by Crippen LogP contribution is 2.14. The number of rotatable bonds is 5. The predicted octanol–water partition coefficient (Wildman–Crippen LogP) is 0.554. The fraction of sp³-hybridized carbons (Fsp3) is 0.571. The van der Waals surface area contributed by atoms with Crippen molar-refractivity contribution in [3.05, 3.63) is 29.8 Å². The third kappa shape index (κ3) is 5.11. The van der Waals surface area contributed by atoms with Crippen LogP contribution in [0.5, 0.6) is 5.75 Å². The summed E-state index contributed by atoms with van der Waals surface area (Å²) in [4.78, 5) is 4.52. The van der Waals surface area contributed by atoms with Crippen molar-refractivity contribution in [1.29, 1.82) is 0 Å². The molecule has 0 atom stereocenters. The Balaban J connectivity index is 1.77. The van der Waals surface area contributed by atoms with Gasteiger partial charge in [-0.1, -0.05) is 12.1 Å². The van der Waals surface area contributed by atoms with Gasteiger partial charge in [0.15, 0.2) is 0 Å². The molecule has 0 bridgehead atoms. The largest absolute Gasteiger partial charge is 0.508 e. The van der Waals surface area contributed by atoms with Crippen molar-refractivity contribution in [2.75, 3.05) is 44.7 Å². The Labute approximate surface area is 120 Å². The summed E-state index contributed by atoms with van der Waals surface area (Å²) in [5, 5.41) is 9.45. The second-order valence-electron chi connectivity index (χ2n) is 5.42. The lowest BCUT2D eigenvalue weighted by atomic mass is 10.2. The molecule has 1 saturated heterocycles. The van der Waals surface area contributed by atoms with E-state index < -0.39 is 9.84 Å². The van der Waals surface area contributed by atoms with E-state index in [1.54, 1.807) is 12.1 Å². The maximum absolute atomic E-state index is 11.2. The molecule has 0 aromatic heterocycles. The van der Waals surface area contributed by atoms with Gasteiger partial charge in [-0.15, -0.1) is 0 Å². The van der Waals surface area contributed by atoms with Crippen LogP contribution >= 0.6 is 0 Å². The molecule has 0 amide bonds. The van der Waals surface area contributed by atoms with Crippen LogP contribution in [0.4, 0.5) is 0 Å². The van der Waals surface area contributed by atoms with Gasteiger partial charge in [-0.05, 0) is 17.7 Å². The molecule has 0 saturated carbocycles. The minimum absolute atomic E-state index is 0.236. The van der Waals surface area contributed by atoms with Gasteiger partial charge in [0.1, 0.15) is 15.6 Å². The number of nitrogens with zero attached hydrogens (tertiary/aromatic N) is 2. The third-order valence-corrected chi connectivity index (χ3v) is 4.48. The monoisotopic (exact) mass is 298 g/mol. The average Bonchev–Trinajstić information content (AvgIpc) is 2.37. The van der Waals surface area contributed by atoms with Crippen molar-refractivity contribution >= 4 is 9.84 Å². The van der Waals surface area contributed by atoms with Crippen molar-refractivity contribution in [3.8, 4) is 5.75 Å². The van der Waals surface area contributed by atoms with E-state index in [9.17, 15) is 13.5 Å². The number of hydrogen-bond donors (Lipinski definition) is 1. The minimum atomic E-state index is -2.87. The topological polar surface area (TPSA) is 60.9 Å². The molecule has 0 radical (unpaired) electrons. The maximum atomic E-state index is 11.2. The summed E-state index contributed by atoms with van der Waals surface area (Å²) in [6.07, 6.45) is 1.28. The zero-order valence-corrected chi connectivity index (χ0v) is 12.6. The number of piperazine rings is 1. The molecule has 1 fully saturated rings. The summed E-state index contributed by atoms with van der Waals surface area (Å²) in [5.74, 6) is 0.536. The molecule has 1 aromatic rings. The summed E-state index contributed by atoms with van der Waals surface area (Å²) < 4.78 is 22.3. The number of aromatic hydroxyl groups is 1. The lowest BCUT2D eigenvalue weighted by Gasteiger charge is -2.34. The van der Waals surface area contributed by atoms with Crippen LogP contribution in [0.15, 0.2) is 24.3 Å². The lowest BCUT2D eigenvalue weighted by Crippen LogP contribution is -2.47. The average molecular weight is 298 g/mol. The minimum Gasteiger partial charge on any atom is -0.508 e. The van der Waals surface area contributed by atoms with E-state index in [2.05, 4.69) is 9.80 Å². The molecule has 0 unspecified atom stereocenters. The molecular formula is C14H22N2O3S. The first-order chi connectivity index (χ1) is 9.42. The molecule has 1 aromatic carbocycles. The van der Waals surface area contributed by atoms with E-state index in [1.807, 2.05) is 12.1 Å². The van der Waals surface area contributed by atoms with Crippen molar-refractivity contribution in [2.24, 2.45) is 0 Å². The fourth-order valence-electron chi connectivity index (χ4n) is 2.38. The van der Waals surface area contributed by atoms with Gasteiger partial charge in [-0.25, -0.2) is 8.42 Å². The molecule has 1 aliphatic rings. The van der Waals surface area contributed by atoms with Crippen molar-refractivity contribution in [3.63, 3.8) is 0 Å². The quantitative estimate of drug-likeness (QED) is 0.860. The first kappa shape index (κ1) is 15.3. The van der Waals surface area contributed by atoms with Gasteiger partial charge >= 0.3 is 0 Å². The summed E-state index contributed by atoms with van der Waals surface area (Å²) >= 11 is 0. The standard InChI is InChI=1S/C14H22N2O3S/c1-20(18,19)10-9-15-5-7-16(8-6-15)12-13-3-2-4-14(17)11-13/h2-4,11,17H,5-10,12H2,1H3. The molecule has 1 aliphatic heterocycles. The van der Waals surface area contributed by atoms with Crippen LogP contribution in [0.2, 0.25) is 0 Å². The second kappa shape index (κ2) is 6.56. The highest BCUT2D eigenvalue weighted by molar-refractivity contribution is 7.90. The van der Waals surface area contributed by atoms with Crippen LogP contribution in [-0.4, -0.2) is 68.1 Å². The Kier molecular flexibility index (Phi) is 5.01. The van der Waals surface area contributed by atoms with E-state index in [-0.39, 0.29) is 5.75 Å². The van der Waals surface area contributed by atoms with Crippen LogP contribution in [0, 0.1) is 0 Å². The zero-order valence-electron chi connectivity index (χ0n) is 11.8. The molecule has 1 N–H and O–H groups in total.